The molecule has 0 bridgehead atoms. The third kappa shape index (κ3) is 1.85. The molecule has 18 heavy (non-hydrogen) atoms. The monoisotopic (exact) mass is 261 g/mol. The van der Waals surface area contributed by atoms with E-state index in [1.165, 1.54) is 0 Å². The number of Topliss-reactive ketones (excluding diaryl/α,β-unsaturated/α-hetero) is 1. The van der Waals surface area contributed by atoms with Crippen LogP contribution in [0.3, 0.4) is 0 Å². The number of carbonyl (C=O) groups excluding carboxylic acids is 1. The topological polar surface area (TPSA) is 22.0 Å². The number of carbonyl (C=O) groups is 1. The number of hydrogen-bond donors (Lipinski definition) is 0. The summed E-state index contributed by atoms with van der Waals surface area (Å²) < 4.78 is 2.09. The molecule has 1 unspecified atom stereocenters. The van der Waals surface area contributed by atoms with Gasteiger partial charge in [-0.05, 0) is 36.6 Å². The first-order valence-corrected chi connectivity index (χ1v) is 6.82. The normalized spacial score (nSPS) is 20.6. The molecule has 0 N–H and O–H groups in total. The van der Waals surface area contributed by atoms with Gasteiger partial charge in [-0.25, -0.2) is 0 Å². The van der Waals surface area contributed by atoms with Crippen molar-refractivity contribution in [2.75, 3.05) is 0 Å². The Balaban J connectivity index is 2.16. The molecule has 1 saturated carbocycles. The van der Waals surface area contributed by atoms with Crippen LogP contribution in [0.1, 0.15) is 37.2 Å². The number of aryl methyl sites for hydroxylation is 1. The van der Waals surface area contributed by atoms with Crippen molar-refractivity contribution in [2.24, 2.45) is 7.05 Å². The van der Waals surface area contributed by atoms with Crippen molar-refractivity contribution in [3.8, 4) is 0 Å². The van der Waals surface area contributed by atoms with E-state index in [4.69, 9.17) is 11.6 Å². The van der Waals surface area contributed by atoms with Crippen LogP contribution in [0.4, 0.5) is 0 Å². The smallest absolute Gasteiger partial charge is 0.140 e. The van der Waals surface area contributed by atoms with E-state index < -0.39 is 0 Å². The molecule has 3 rings (SSSR count). The van der Waals surface area contributed by atoms with E-state index in [0.29, 0.717) is 5.78 Å². The minimum Gasteiger partial charge on any atom is -0.350 e. The molecular weight excluding hydrogens is 246 g/mol. The fourth-order valence-electron chi connectivity index (χ4n) is 2.98. The maximum atomic E-state index is 12.1. The Morgan fingerprint density at radius 1 is 1.33 bits per heavy atom. The summed E-state index contributed by atoms with van der Waals surface area (Å²) in [6.45, 7) is 0. The fourth-order valence-corrected chi connectivity index (χ4v) is 3.16. The highest BCUT2D eigenvalue weighted by Gasteiger charge is 2.26. The molecule has 0 spiro atoms. The lowest BCUT2D eigenvalue weighted by Crippen LogP contribution is -2.16. The van der Waals surface area contributed by atoms with Crippen LogP contribution >= 0.6 is 11.6 Å². The summed E-state index contributed by atoms with van der Waals surface area (Å²) in [4.78, 5) is 12.1. The lowest BCUT2D eigenvalue weighted by Gasteiger charge is -2.20. The fraction of sp³-hybridized carbons (Fsp3) is 0.400. The zero-order valence-corrected chi connectivity index (χ0v) is 11.2. The summed E-state index contributed by atoms with van der Waals surface area (Å²) in [7, 11) is 2.02. The summed E-state index contributed by atoms with van der Waals surface area (Å²) in [5.41, 5.74) is 2.30. The van der Waals surface area contributed by atoms with Gasteiger partial charge in [0.15, 0.2) is 0 Å². The van der Waals surface area contributed by atoms with Crippen molar-refractivity contribution in [1.29, 1.82) is 0 Å². The van der Waals surface area contributed by atoms with E-state index in [2.05, 4.69) is 10.8 Å². The number of rotatable bonds is 1. The Morgan fingerprint density at radius 3 is 2.94 bits per heavy atom. The van der Waals surface area contributed by atoms with Crippen LogP contribution in [0.15, 0.2) is 24.4 Å². The van der Waals surface area contributed by atoms with E-state index in [-0.39, 0.29) is 5.92 Å². The van der Waals surface area contributed by atoms with Crippen molar-refractivity contribution < 1.29 is 4.79 Å². The number of fused-ring (bicyclic) bond motifs is 1. The molecule has 1 heterocycles. The molecule has 0 aliphatic heterocycles. The number of halogens is 1. The Bertz CT molecular complexity index is 614. The van der Waals surface area contributed by atoms with Crippen LogP contribution < -0.4 is 0 Å². The maximum absolute atomic E-state index is 12.1. The minimum atomic E-state index is 0.0703. The summed E-state index contributed by atoms with van der Waals surface area (Å²) in [6, 6.07) is 5.90. The molecule has 1 aromatic carbocycles. The minimum absolute atomic E-state index is 0.0703. The third-order valence-corrected chi connectivity index (χ3v) is 4.15. The molecule has 0 amide bonds. The number of nitrogens with zero attached hydrogens (tertiary/aromatic N) is 1. The molecule has 0 radical (unpaired) electrons. The van der Waals surface area contributed by atoms with Gasteiger partial charge >= 0.3 is 0 Å². The second-order valence-corrected chi connectivity index (χ2v) is 5.56. The van der Waals surface area contributed by atoms with Gasteiger partial charge < -0.3 is 4.57 Å². The predicted molar refractivity (Wildman–Crippen MR) is 74.1 cm³/mol. The van der Waals surface area contributed by atoms with E-state index in [1.54, 1.807) is 0 Å². The van der Waals surface area contributed by atoms with Gasteiger partial charge in [-0.3, -0.25) is 4.79 Å². The zero-order valence-electron chi connectivity index (χ0n) is 10.4. The van der Waals surface area contributed by atoms with Gasteiger partial charge in [-0.1, -0.05) is 18.0 Å². The number of hydrogen-bond acceptors (Lipinski definition) is 1. The van der Waals surface area contributed by atoms with Crippen LogP contribution in [0.5, 0.6) is 0 Å². The molecule has 1 aliphatic carbocycles. The lowest BCUT2D eigenvalue weighted by molar-refractivity contribution is -0.121. The first-order chi connectivity index (χ1) is 8.66. The Labute approximate surface area is 112 Å². The molecule has 1 aromatic heterocycles. The summed E-state index contributed by atoms with van der Waals surface area (Å²) >= 11 is 6.08. The molecule has 2 aromatic rings. The lowest BCUT2D eigenvalue weighted by atomic mass is 9.83. The third-order valence-electron chi connectivity index (χ3n) is 3.91. The molecule has 1 aliphatic rings. The summed E-state index contributed by atoms with van der Waals surface area (Å²) in [5, 5.41) is 1.86. The van der Waals surface area contributed by atoms with Crippen molar-refractivity contribution in [3.05, 3.63) is 35.0 Å². The zero-order chi connectivity index (χ0) is 12.7. The Hall–Kier alpha value is -1.28. The Morgan fingerprint density at radius 2 is 2.17 bits per heavy atom. The second kappa shape index (κ2) is 4.43. The van der Waals surface area contributed by atoms with Crippen molar-refractivity contribution in [1.82, 2.24) is 4.57 Å². The summed E-state index contributed by atoms with van der Waals surface area (Å²) in [5.74, 6) is 0.453. The quantitative estimate of drug-likeness (QED) is 0.759. The van der Waals surface area contributed by atoms with Crippen LogP contribution in [0.25, 0.3) is 10.9 Å². The average molecular weight is 262 g/mol. The van der Waals surface area contributed by atoms with E-state index in [1.807, 2.05) is 25.2 Å². The maximum Gasteiger partial charge on any atom is 0.140 e. The summed E-state index contributed by atoms with van der Waals surface area (Å²) in [6.07, 6.45) is 5.98. The highest BCUT2D eigenvalue weighted by atomic mass is 35.5. The first-order valence-electron chi connectivity index (χ1n) is 6.44. The van der Waals surface area contributed by atoms with Gasteiger partial charge in [-0.15, -0.1) is 0 Å². The molecular formula is C15H16ClNO. The molecule has 1 atom stereocenters. The first kappa shape index (κ1) is 11.8. The number of benzene rings is 1. The van der Waals surface area contributed by atoms with E-state index in [9.17, 15) is 4.79 Å². The largest absolute Gasteiger partial charge is 0.350 e. The van der Waals surface area contributed by atoms with Crippen LogP contribution in [0, 0.1) is 0 Å². The molecule has 94 valence electrons. The number of ketones is 1. The standard InChI is InChI=1S/C15H16ClNO/c1-17-9-13(11-4-2-3-5-15(11)18)12-8-10(16)6-7-14(12)17/h6-9,11H,2-5H2,1H3. The van der Waals surface area contributed by atoms with Crippen LogP contribution in [-0.4, -0.2) is 10.4 Å². The van der Waals surface area contributed by atoms with Gasteiger partial charge in [0.1, 0.15) is 5.78 Å². The highest BCUT2D eigenvalue weighted by molar-refractivity contribution is 6.31. The van der Waals surface area contributed by atoms with E-state index in [0.717, 1.165) is 47.2 Å². The van der Waals surface area contributed by atoms with Gasteiger partial charge in [-0.2, -0.15) is 0 Å². The van der Waals surface area contributed by atoms with Crippen molar-refractivity contribution >= 4 is 28.3 Å². The number of aromatic nitrogens is 1. The molecule has 3 heteroatoms. The average Bonchev–Trinajstić information content (AvgIpc) is 2.67. The van der Waals surface area contributed by atoms with Gasteiger partial charge in [0.05, 0.1) is 0 Å². The SMILES string of the molecule is Cn1cc(C2CCCCC2=O)c2cc(Cl)ccc21. The molecule has 2 nitrogen and oxygen atoms in total. The Kier molecular flexibility index (Phi) is 2.90. The van der Waals surface area contributed by atoms with Crippen LogP contribution in [0.2, 0.25) is 5.02 Å². The van der Waals surface area contributed by atoms with Gasteiger partial charge in [0.25, 0.3) is 0 Å². The van der Waals surface area contributed by atoms with Gasteiger partial charge in [0, 0.05) is 41.5 Å². The molecule has 1 fully saturated rings. The van der Waals surface area contributed by atoms with Gasteiger partial charge in [0.2, 0.25) is 0 Å². The van der Waals surface area contributed by atoms with Crippen molar-refractivity contribution in [3.63, 3.8) is 0 Å². The predicted octanol–water partition coefficient (Wildman–Crippen LogP) is 4.06. The highest BCUT2D eigenvalue weighted by Crippen LogP contribution is 2.36. The second-order valence-electron chi connectivity index (χ2n) is 5.12. The van der Waals surface area contributed by atoms with Crippen LogP contribution in [-0.2, 0) is 11.8 Å². The molecule has 0 saturated heterocycles. The van der Waals surface area contributed by atoms with Crippen molar-refractivity contribution in [2.45, 2.75) is 31.6 Å². The van der Waals surface area contributed by atoms with E-state index >= 15 is 0 Å².